The van der Waals surface area contributed by atoms with Crippen molar-refractivity contribution in [1.29, 1.82) is 0 Å². The van der Waals surface area contributed by atoms with Crippen molar-refractivity contribution in [3.05, 3.63) is 30.3 Å². The fourth-order valence-corrected chi connectivity index (χ4v) is 2.30. The maximum atomic E-state index is 5.80. The number of nitrogens with zero attached hydrogens (tertiary/aromatic N) is 1. The molecule has 104 valence electrons. The number of ether oxygens (including phenoxy) is 2. The SMILES string of the molecule is c1cc2c(c(-c3cnc(CNC4CC4)o3)c1)OCCO2. The number of oxazole rings is 1. The number of hydrogen-bond donors (Lipinski definition) is 1. The van der Waals surface area contributed by atoms with Crippen molar-refractivity contribution in [3.63, 3.8) is 0 Å². The van der Waals surface area contributed by atoms with Crippen molar-refractivity contribution in [2.45, 2.75) is 25.4 Å². The maximum absolute atomic E-state index is 5.80. The van der Waals surface area contributed by atoms with Crippen LogP contribution in [0.5, 0.6) is 11.5 Å². The van der Waals surface area contributed by atoms with Crippen LogP contribution in [0.25, 0.3) is 11.3 Å². The highest BCUT2D eigenvalue weighted by Gasteiger charge is 2.22. The minimum absolute atomic E-state index is 0.564. The van der Waals surface area contributed by atoms with E-state index in [1.165, 1.54) is 12.8 Å². The number of hydrogen-bond acceptors (Lipinski definition) is 5. The molecule has 0 atom stereocenters. The summed E-state index contributed by atoms with van der Waals surface area (Å²) >= 11 is 0. The van der Waals surface area contributed by atoms with Crippen LogP contribution in [-0.4, -0.2) is 24.2 Å². The third kappa shape index (κ3) is 2.25. The van der Waals surface area contributed by atoms with Gasteiger partial charge in [0.05, 0.1) is 18.3 Å². The summed E-state index contributed by atoms with van der Waals surface area (Å²) in [7, 11) is 0. The summed E-state index contributed by atoms with van der Waals surface area (Å²) in [4.78, 5) is 4.32. The predicted molar refractivity (Wildman–Crippen MR) is 72.8 cm³/mol. The molecule has 0 saturated heterocycles. The third-order valence-corrected chi connectivity index (χ3v) is 3.50. The van der Waals surface area contributed by atoms with Crippen molar-refractivity contribution >= 4 is 0 Å². The van der Waals surface area contributed by atoms with Gasteiger partial charge in [-0.1, -0.05) is 6.07 Å². The fourth-order valence-electron chi connectivity index (χ4n) is 2.30. The van der Waals surface area contributed by atoms with E-state index in [-0.39, 0.29) is 0 Å². The summed E-state index contributed by atoms with van der Waals surface area (Å²) in [5.41, 5.74) is 0.896. The molecule has 1 aliphatic heterocycles. The van der Waals surface area contributed by atoms with Crippen LogP contribution in [0.2, 0.25) is 0 Å². The van der Waals surface area contributed by atoms with Crippen molar-refractivity contribution in [2.75, 3.05) is 13.2 Å². The number of aromatic nitrogens is 1. The van der Waals surface area contributed by atoms with Crippen LogP contribution in [0.3, 0.4) is 0 Å². The molecule has 2 heterocycles. The van der Waals surface area contributed by atoms with Crippen LogP contribution in [0.1, 0.15) is 18.7 Å². The Hall–Kier alpha value is -2.01. The van der Waals surface area contributed by atoms with Gasteiger partial charge < -0.3 is 19.2 Å². The van der Waals surface area contributed by atoms with Crippen LogP contribution >= 0.6 is 0 Å². The number of nitrogens with one attached hydrogen (secondary N) is 1. The van der Waals surface area contributed by atoms with Gasteiger partial charge in [0, 0.05) is 6.04 Å². The molecular formula is C15H16N2O3. The predicted octanol–water partition coefficient (Wildman–Crippen LogP) is 2.36. The van der Waals surface area contributed by atoms with Gasteiger partial charge in [-0.15, -0.1) is 0 Å². The van der Waals surface area contributed by atoms with E-state index in [9.17, 15) is 0 Å². The quantitative estimate of drug-likeness (QED) is 0.926. The second-order valence-corrected chi connectivity index (χ2v) is 5.10. The smallest absolute Gasteiger partial charge is 0.208 e. The third-order valence-electron chi connectivity index (χ3n) is 3.50. The van der Waals surface area contributed by atoms with E-state index in [1.807, 2.05) is 18.2 Å². The summed E-state index contributed by atoms with van der Waals surface area (Å²) in [6.07, 6.45) is 4.26. The number of rotatable bonds is 4. The monoisotopic (exact) mass is 272 g/mol. The zero-order valence-corrected chi connectivity index (χ0v) is 11.1. The van der Waals surface area contributed by atoms with Gasteiger partial charge in [0.1, 0.15) is 13.2 Å². The fraction of sp³-hybridized carbons (Fsp3) is 0.400. The highest BCUT2D eigenvalue weighted by molar-refractivity contribution is 5.69. The minimum atomic E-state index is 0.564. The lowest BCUT2D eigenvalue weighted by atomic mass is 10.1. The van der Waals surface area contributed by atoms with E-state index in [1.54, 1.807) is 6.20 Å². The first-order chi connectivity index (χ1) is 9.90. The van der Waals surface area contributed by atoms with E-state index < -0.39 is 0 Å². The molecule has 4 rings (SSSR count). The van der Waals surface area contributed by atoms with Gasteiger partial charge in [0.2, 0.25) is 5.89 Å². The van der Waals surface area contributed by atoms with E-state index in [0.29, 0.717) is 31.7 Å². The second kappa shape index (κ2) is 4.83. The van der Waals surface area contributed by atoms with Gasteiger partial charge in [-0.05, 0) is 25.0 Å². The van der Waals surface area contributed by atoms with E-state index in [4.69, 9.17) is 13.9 Å². The number of para-hydroxylation sites is 1. The van der Waals surface area contributed by atoms with E-state index in [2.05, 4.69) is 10.3 Å². The zero-order valence-electron chi connectivity index (χ0n) is 11.1. The molecule has 0 bridgehead atoms. The Morgan fingerprint density at radius 3 is 3.00 bits per heavy atom. The van der Waals surface area contributed by atoms with Crippen LogP contribution in [0.4, 0.5) is 0 Å². The highest BCUT2D eigenvalue weighted by atomic mass is 16.6. The van der Waals surface area contributed by atoms with Gasteiger partial charge in [-0.2, -0.15) is 0 Å². The molecule has 1 aromatic heterocycles. The highest BCUT2D eigenvalue weighted by Crippen LogP contribution is 2.39. The molecule has 5 nitrogen and oxygen atoms in total. The van der Waals surface area contributed by atoms with Gasteiger partial charge in [-0.25, -0.2) is 4.98 Å². The largest absolute Gasteiger partial charge is 0.486 e. The number of fused-ring (bicyclic) bond motifs is 1. The minimum Gasteiger partial charge on any atom is -0.486 e. The molecule has 1 aliphatic carbocycles. The standard InChI is InChI=1S/C15H16N2O3/c1-2-11(15-12(3-1)18-6-7-19-15)13-8-17-14(20-13)9-16-10-4-5-10/h1-3,8,10,16H,4-7,9H2. The molecular weight excluding hydrogens is 256 g/mol. The Bertz CT molecular complexity index is 619. The molecule has 5 heteroatoms. The summed E-state index contributed by atoms with van der Waals surface area (Å²) in [5, 5.41) is 3.39. The van der Waals surface area contributed by atoms with Gasteiger partial charge >= 0.3 is 0 Å². The first kappa shape index (κ1) is 11.8. The Balaban J connectivity index is 1.60. The first-order valence-corrected chi connectivity index (χ1v) is 6.97. The molecule has 2 aliphatic rings. The molecule has 0 spiro atoms. The van der Waals surface area contributed by atoms with Gasteiger partial charge in [0.15, 0.2) is 17.3 Å². The van der Waals surface area contributed by atoms with Crippen LogP contribution < -0.4 is 14.8 Å². The van der Waals surface area contributed by atoms with Crippen molar-refractivity contribution < 1.29 is 13.9 Å². The van der Waals surface area contributed by atoms with E-state index in [0.717, 1.165) is 22.8 Å². The molecule has 1 N–H and O–H groups in total. The average molecular weight is 272 g/mol. The summed E-state index contributed by atoms with van der Waals surface area (Å²) in [6, 6.07) is 6.45. The van der Waals surface area contributed by atoms with E-state index >= 15 is 0 Å². The Morgan fingerprint density at radius 1 is 1.20 bits per heavy atom. The second-order valence-electron chi connectivity index (χ2n) is 5.10. The normalized spacial score (nSPS) is 17.2. The van der Waals surface area contributed by atoms with Crippen LogP contribution in [0, 0.1) is 0 Å². The van der Waals surface area contributed by atoms with Crippen LogP contribution in [0.15, 0.2) is 28.8 Å². The lowest BCUT2D eigenvalue weighted by Gasteiger charge is -2.19. The molecule has 0 radical (unpaired) electrons. The molecule has 2 aromatic rings. The molecule has 1 aromatic carbocycles. The molecule has 1 saturated carbocycles. The Kier molecular flexibility index (Phi) is 2.85. The van der Waals surface area contributed by atoms with Crippen molar-refractivity contribution in [2.24, 2.45) is 0 Å². The van der Waals surface area contributed by atoms with Crippen molar-refractivity contribution in [3.8, 4) is 22.8 Å². The average Bonchev–Trinajstić information content (AvgIpc) is 3.21. The Morgan fingerprint density at radius 2 is 2.10 bits per heavy atom. The summed E-state index contributed by atoms with van der Waals surface area (Å²) < 4.78 is 17.1. The lowest BCUT2D eigenvalue weighted by Crippen LogP contribution is -2.15. The van der Waals surface area contributed by atoms with Gasteiger partial charge in [0.25, 0.3) is 0 Å². The number of benzene rings is 1. The van der Waals surface area contributed by atoms with Crippen molar-refractivity contribution in [1.82, 2.24) is 10.3 Å². The lowest BCUT2D eigenvalue weighted by molar-refractivity contribution is 0.172. The molecule has 1 fully saturated rings. The topological polar surface area (TPSA) is 56.5 Å². The summed E-state index contributed by atoms with van der Waals surface area (Å²) in [6.45, 7) is 1.83. The molecule has 0 amide bonds. The Labute approximate surface area is 116 Å². The first-order valence-electron chi connectivity index (χ1n) is 6.97. The molecule has 20 heavy (non-hydrogen) atoms. The zero-order chi connectivity index (χ0) is 13.4. The summed E-state index contributed by atoms with van der Waals surface area (Å²) in [5.74, 6) is 2.94. The maximum Gasteiger partial charge on any atom is 0.208 e. The molecule has 0 unspecified atom stereocenters. The van der Waals surface area contributed by atoms with Gasteiger partial charge in [-0.3, -0.25) is 0 Å². The van der Waals surface area contributed by atoms with Crippen LogP contribution in [-0.2, 0) is 6.54 Å².